The van der Waals surface area contributed by atoms with Crippen molar-refractivity contribution in [3.63, 3.8) is 0 Å². The highest BCUT2D eigenvalue weighted by molar-refractivity contribution is 6.51. The summed E-state index contributed by atoms with van der Waals surface area (Å²) in [6.07, 6.45) is 0. The van der Waals surface area contributed by atoms with E-state index >= 15 is 0 Å². The molecule has 5 aromatic carbocycles. The van der Waals surface area contributed by atoms with Crippen LogP contribution in [0.2, 0.25) is 0 Å². The molecule has 2 amide bonds. The lowest BCUT2D eigenvalue weighted by molar-refractivity contribution is -0.132. The van der Waals surface area contributed by atoms with Crippen molar-refractivity contribution in [3.8, 4) is 17.2 Å². The van der Waals surface area contributed by atoms with Crippen LogP contribution in [0.4, 0.5) is 11.4 Å². The van der Waals surface area contributed by atoms with Gasteiger partial charge in [0.25, 0.3) is 17.6 Å². The van der Waals surface area contributed by atoms with Crippen LogP contribution in [0.3, 0.4) is 0 Å². The van der Waals surface area contributed by atoms with Crippen LogP contribution in [-0.2, 0) is 15.2 Å². The number of hydrogen-bond donors (Lipinski definition) is 3. The predicted octanol–water partition coefficient (Wildman–Crippen LogP) is 5.36. The van der Waals surface area contributed by atoms with Crippen LogP contribution < -0.4 is 19.7 Å². The van der Waals surface area contributed by atoms with Gasteiger partial charge in [-0.2, -0.15) is 0 Å². The summed E-state index contributed by atoms with van der Waals surface area (Å²) >= 11 is 0. The summed E-state index contributed by atoms with van der Waals surface area (Å²) < 4.78 is 11.3. The van der Waals surface area contributed by atoms with Gasteiger partial charge in [-0.15, -0.1) is 0 Å². The molecule has 0 aliphatic carbocycles. The second-order valence-corrected chi connectivity index (χ2v) is 11.0. The Morgan fingerprint density at radius 3 is 1.91 bits per heavy atom. The van der Waals surface area contributed by atoms with Gasteiger partial charge in [0.2, 0.25) is 5.60 Å². The standard InChI is InChI=1S/C29H23NO5.C8H5NO2/c31-24-18-26-25(34-15-16-35-26)17-22(24)29(33)21-13-7-8-14-23(21)30(28(29)32)27(19-9-3-1-4-10-19)20-11-5-2-6-12-20;10-7-5-3-1-2-4-6(5)9-8(7)11/h1-14,17-18,27,31,33H,15-16H2;1-4H,(H,9,10,11). The third-order valence-electron chi connectivity index (χ3n) is 8.25. The number of para-hydroxylation sites is 2. The second-order valence-electron chi connectivity index (χ2n) is 11.0. The van der Waals surface area contributed by atoms with Crippen molar-refractivity contribution >= 4 is 29.0 Å². The van der Waals surface area contributed by atoms with E-state index in [1.54, 1.807) is 41.3 Å². The molecule has 5 aromatic rings. The van der Waals surface area contributed by atoms with Crippen molar-refractivity contribution in [3.05, 3.63) is 149 Å². The van der Waals surface area contributed by atoms with E-state index in [9.17, 15) is 24.6 Å². The molecule has 228 valence electrons. The fraction of sp³-hybridized carbons (Fsp3) is 0.108. The Morgan fingerprint density at radius 2 is 1.26 bits per heavy atom. The van der Waals surface area contributed by atoms with Crippen molar-refractivity contribution in [2.24, 2.45) is 0 Å². The molecule has 3 heterocycles. The molecular formula is C37H28N2O7. The summed E-state index contributed by atoms with van der Waals surface area (Å²) in [6, 6.07) is 35.8. The molecule has 1 atom stereocenters. The van der Waals surface area contributed by atoms with Crippen LogP contribution in [0.1, 0.15) is 38.7 Å². The first-order valence-electron chi connectivity index (χ1n) is 14.7. The Bertz CT molecular complexity index is 1940. The second kappa shape index (κ2) is 11.5. The molecule has 0 saturated heterocycles. The first-order chi connectivity index (χ1) is 22.4. The molecular weight excluding hydrogens is 584 g/mol. The zero-order valence-electron chi connectivity index (χ0n) is 24.4. The lowest BCUT2D eigenvalue weighted by atomic mass is 9.86. The molecule has 3 aliphatic heterocycles. The number of nitrogens with one attached hydrogen (secondary N) is 1. The van der Waals surface area contributed by atoms with Crippen molar-refractivity contribution in [1.82, 2.24) is 0 Å². The average Bonchev–Trinajstić information content (AvgIpc) is 3.51. The summed E-state index contributed by atoms with van der Waals surface area (Å²) in [7, 11) is 0. The van der Waals surface area contributed by atoms with Gasteiger partial charge in [0, 0.05) is 17.2 Å². The van der Waals surface area contributed by atoms with Gasteiger partial charge >= 0.3 is 0 Å². The van der Waals surface area contributed by atoms with Gasteiger partial charge in [-0.3, -0.25) is 19.3 Å². The van der Waals surface area contributed by atoms with Crippen LogP contribution >= 0.6 is 0 Å². The van der Waals surface area contributed by atoms with Crippen molar-refractivity contribution in [2.45, 2.75) is 11.6 Å². The van der Waals surface area contributed by atoms with Gasteiger partial charge in [-0.1, -0.05) is 91.0 Å². The number of amides is 2. The molecule has 0 bridgehead atoms. The molecule has 0 spiro atoms. The number of aromatic hydroxyl groups is 1. The number of hydrogen-bond acceptors (Lipinski definition) is 7. The number of benzene rings is 5. The number of rotatable bonds is 4. The molecule has 0 aromatic heterocycles. The molecule has 0 saturated carbocycles. The van der Waals surface area contributed by atoms with Gasteiger partial charge in [-0.05, 0) is 35.4 Å². The summed E-state index contributed by atoms with van der Waals surface area (Å²) in [5, 5.41) is 25.5. The number of ether oxygens (including phenoxy) is 2. The number of anilines is 2. The number of ketones is 1. The minimum Gasteiger partial charge on any atom is -0.507 e. The maximum atomic E-state index is 14.3. The first-order valence-corrected chi connectivity index (χ1v) is 14.7. The van der Waals surface area contributed by atoms with E-state index in [-0.39, 0.29) is 11.3 Å². The average molecular weight is 613 g/mol. The minimum absolute atomic E-state index is 0.0570. The molecule has 0 fully saturated rings. The Labute approximate surface area is 264 Å². The van der Waals surface area contributed by atoms with Gasteiger partial charge in [0.1, 0.15) is 19.0 Å². The smallest absolute Gasteiger partial charge is 0.296 e. The Hall–Kier alpha value is -5.93. The summed E-state index contributed by atoms with van der Waals surface area (Å²) in [6.45, 7) is 0.706. The number of nitrogens with zero attached hydrogens (tertiary/aromatic N) is 1. The van der Waals surface area contributed by atoms with Crippen LogP contribution in [0.5, 0.6) is 17.2 Å². The normalized spacial score (nSPS) is 17.6. The topological polar surface area (TPSA) is 125 Å². The maximum absolute atomic E-state index is 14.3. The molecule has 46 heavy (non-hydrogen) atoms. The number of phenolic OH excluding ortho intramolecular Hbond substituents is 1. The monoisotopic (exact) mass is 612 g/mol. The van der Waals surface area contributed by atoms with E-state index in [1.165, 1.54) is 12.1 Å². The molecule has 3 aliphatic rings. The third-order valence-corrected chi connectivity index (χ3v) is 8.25. The van der Waals surface area contributed by atoms with E-state index in [4.69, 9.17) is 9.47 Å². The van der Waals surface area contributed by atoms with E-state index in [2.05, 4.69) is 5.32 Å². The number of Topliss-reactive ketones (excluding diaryl/α,β-unsaturated/α-hetero) is 1. The molecule has 9 heteroatoms. The van der Waals surface area contributed by atoms with E-state index in [0.717, 1.165) is 11.1 Å². The minimum atomic E-state index is -2.11. The SMILES string of the molecule is O=C1N(C(c2ccccc2)c2ccccc2)c2ccccc2C1(O)c1cc2c(cc1O)OCCO2.O=C1Nc2ccccc2C1=O. The van der Waals surface area contributed by atoms with Crippen molar-refractivity contribution in [2.75, 3.05) is 23.4 Å². The predicted molar refractivity (Wildman–Crippen MR) is 170 cm³/mol. The number of phenols is 1. The highest BCUT2D eigenvalue weighted by Crippen LogP contribution is 2.52. The van der Waals surface area contributed by atoms with Crippen molar-refractivity contribution < 1.29 is 34.1 Å². The number of carbonyl (C=O) groups is 3. The van der Waals surface area contributed by atoms with Crippen LogP contribution in [-0.4, -0.2) is 41.0 Å². The van der Waals surface area contributed by atoms with E-state index in [0.29, 0.717) is 47.2 Å². The lowest BCUT2D eigenvalue weighted by Gasteiger charge is -2.31. The number of aliphatic hydroxyl groups is 1. The summed E-state index contributed by atoms with van der Waals surface area (Å²) in [5.41, 5.74) is 1.80. The highest BCUT2D eigenvalue weighted by atomic mass is 16.6. The van der Waals surface area contributed by atoms with Gasteiger partial charge in [-0.25, -0.2) is 0 Å². The quantitative estimate of drug-likeness (QED) is 0.234. The zero-order valence-corrected chi connectivity index (χ0v) is 24.4. The molecule has 3 N–H and O–H groups in total. The third kappa shape index (κ3) is 4.74. The van der Waals surface area contributed by atoms with Gasteiger partial charge in [0.05, 0.1) is 23.0 Å². The zero-order chi connectivity index (χ0) is 31.8. The largest absolute Gasteiger partial charge is 0.507 e. The van der Waals surface area contributed by atoms with E-state index in [1.807, 2.05) is 72.8 Å². The summed E-state index contributed by atoms with van der Waals surface area (Å²) in [4.78, 5) is 37.7. The number of fused-ring (bicyclic) bond motifs is 3. The molecule has 8 rings (SSSR count). The van der Waals surface area contributed by atoms with Gasteiger partial charge < -0.3 is 25.0 Å². The van der Waals surface area contributed by atoms with Crippen molar-refractivity contribution in [1.29, 1.82) is 0 Å². The highest BCUT2D eigenvalue weighted by Gasteiger charge is 2.54. The summed E-state index contributed by atoms with van der Waals surface area (Å²) in [5.74, 6) is -1.01. The Morgan fingerprint density at radius 1 is 0.696 bits per heavy atom. The molecule has 9 nitrogen and oxygen atoms in total. The first kappa shape index (κ1) is 28.8. The van der Waals surface area contributed by atoms with Gasteiger partial charge in [0.15, 0.2) is 11.5 Å². The van der Waals surface area contributed by atoms with Crippen LogP contribution in [0.25, 0.3) is 0 Å². The van der Waals surface area contributed by atoms with Crippen LogP contribution in [0, 0.1) is 0 Å². The Balaban J connectivity index is 0.000000259. The number of carbonyl (C=O) groups excluding carboxylic acids is 3. The Kier molecular flexibility index (Phi) is 7.23. The fourth-order valence-corrected chi connectivity index (χ4v) is 6.13. The molecule has 1 unspecified atom stereocenters. The molecule has 0 radical (unpaired) electrons. The lowest BCUT2D eigenvalue weighted by Crippen LogP contribution is -2.43. The maximum Gasteiger partial charge on any atom is 0.296 e. The fourth-order valence-electron chi connectivity index (χ4n) is 6.13. The van der Waals surface area contributed by atoms with Crippen LogP contribution in [0.15, 0.2) is 121 Å². The van der Waals surface area contributed by atoms with E-state index < -0.39 is 29.2 Å².